The van der Waals surface area contributed by atoms with E-state index in [0.29, 0.717) is 23.5 Å². The zero-order valence-electron chi connectivity index (χ0n) is 16.8. The first-order chi connectivity index (χ1) is 14.6. The molecule has 160 valence electrons. The van der Waals surface area contributed by atoms with Crippen molar-refractivity contribution >= 4 is 17.5 Å². The number of hydrazine groups is 1. The van der Waals surface area contributed by atoms with Crippen LogP contribution >= 0.6 is 0 Å². The number of carbonyl (C=O) groups is 2. The molecule has 0 bridgehead atoms. The summed E-state index contributed by atoms with van der Waals surface area (Å²) in [4.78, 5) is 26.9. The first kappa shape index (κ1) is 21.8. The summed E-state index contributed by atoms with van der Waals surface area (Å²) >= 11 is 0. The first-order valence-corrected chi connectivity index (χ1v) is 10.1. The van der Waals surface area contributed by atoms with Crippen LogP contribution in [-0.2, 0) is 0 Å². The van der Waals surface area contributed by atoms with Gasteiger partial charge in [-0.25, -0.2) is 5.84 Å². The summed E-state index contributed by atoms with van der Waals surface area (Å²) in [6.45, 7) is 2.65. The predicted octanol–water partition coefficient (Wildman–Crippen LogP) is 1.77. The number of β-amino-alcohol motifs (C(OH)–C–C–N with tert-alkyl or cyclic N) is 1. The van der Waals surface area contributed by atoms with Crippen molar-refractivity contribution in [3.8, 4) is 5.75 Å². The maximum Gasteiger partial charge on any atom is 0.267 e. The Hall–Kier alpha value is -2.94. The normalized spacial score (nSPS) is 15.3. The van der Waals surface area contributed by atoms with Gasteiger partial charge < -0.3 is 20.1 Å². The van der Waals surface area contributed by atoms with Gasteiger partial charge in [-0.2, -0.15) is 0 Å². The van der Waals surface area contributed by atoms with Crippen molar-refractivity contribution in [3.05, 3.63) is 59.7 Å². The molecule has 1 fully saturated rings. The molecule has 0 saturated carbocycles. The number of aliphatic hydroxyl groups is 1. The number of hydrogen-bond donors (Lipinski definition) is 4. The van der Waals surface area contributed by atoms with Crippen LogP contribution in [0.25, 0.3) is 0 Å². The fraction of sp³-hybridized carbons (Fsp3) is 0.364. The van der Waals surface area contributed by atoms with Crippen molar-refractivity contribution in [2.45, 2.75) is 25.4 Å². The number of amides is 2. The Morgan fingerprint density at radius 1 is 1.07 bits per heavy atom. The summed E-state index contributed by atoms with van der Waals surface area (Å²) < 4.78 is 5.68. The minimum absolute atomic E-state index is 0.107. The highest BCUT2D eigenvalue weighted by molar-refractivity contribution is 6.09. The summed E-state index contributed by atoms with van der Waals surface area (Å²) in [7, 11) is 0. The molecule has 3 rings (SSSR count). The van der Waals surface area contributed by atoms with Gasteiger partial charge in [0.25, 0.3) is 11.8 Å². The number of nitrogens with zero attached hydrogens (tertiary/aromatic N) is 1. The van der Waals surface area contributed by atoms with Crippen LogP contribution in [0, 0.1) is 0 Å². The molecule has 0 aliphatic carbocycles. The number of rotatable bonds is 8. The van der Waals surface area contributed by atoms with Crippen LogP contribution in [0.3, 0.4) is 0 Å². The van der Waals surface area contributed by atoms with Crippen LogP contribution in [0.1, 0.15) is 40.0 Å². The minimum atomic E-state index is -0.632. The summed E-state index contributed by atoms with van der Waals surface area (Å²) in [6, 6.07) is 13.4. The Labute approximate surface area is 176 Å². The van der Waals surface area contributed by atoms with Gasteiger partial charge in [-0.3, -0.25) is 15.0 Å². The van der Waals surface area contributed by atoms with Gasteiger partial charge in [0.05, 0.1) is 11.3 Å². The first-order valence-electron chi connectivity index (χ1n) is 10.1. The van der Waals surface area contributed by atoms with Gasteiger partial charge in [0, 0.05) is 12.1 Å². The smallest absolute Gasteiger partial charge is 0.267 e. The highest BCUT2D eigenvalue weighted by Gasteiger charge is 2.17. The molecule has 30 heavy (non-hydrogen) atoms. The van der Waals surface area contributed by atoms with E-state index in [4.69, 9.17) is 10.6 Å². The fourth-order valence-corrected chi connectivity index (χ4v) is 3.46. The van der Waals surface area contributed by atoms with Crippen LogP contribution < -0.4 is 21.3 Å². The number of hydrogen-bond acceptors (Lipinski definition) is 6. The molecule has 2 aromatic carbocycles. The molecular formula is C22H28N4O4. The molecule has 0 aromatic heterocycles. The van der Waals surface area contributed by atoms with Crippen LogP contribution in [0.15, 0.2) is 48.5 Å². The number of nitrogens with two attached hydrogens (primary N) is 1. The van der Waals surface area contributed by atoms with Gasteiger partial charge in [-0.05, 0) is 56.3 Å². The van der Waals surface area contributed by atoms with E-state index in [9.17, 15) is 14.7 Å². The number of anilines is 1. The second-order valence-corrected chi connectivity index (χ2v) is 7.33. The molecule has 2 amide bonds. The van der Waals surface area contributed by atoms with Crippen molar-refractivity contribution in [1.29, 1.82) is 0 Å². The topological polar surface area (TPSA) is 117 Å². The minimum Gasteiger partial charge on any atom is -0.491 e. The molecule has 5 N–H and O–H groups in total. The molecule has 1 aliphatic heterocycles. The molecule has 2 aromatic rings. The molecule has 0 spiro atoms. The van der Waals surface area contributed by atoms with E-state index in [1.807, 2.05) is 6.07 Å². The van der Waals surface area contributed by atoms with Crippen LogP contribution in [-0.4, -0.2) is 54.2 Å². The Morgan fingerprint density at radius 3 is 2.50 bits per heavy atom. The number of aliphatic hydroxyl groups excluding tert-OH is 1. The number of ether oxygens (including phenoxy) is 1. The second-order valence-electron chi connectivity index (χ2n) is 7.33. The molecule has 1 unspecified atom stereocenters. The third kappa shape index (κ3) is 6.03. The maximum atomic E-state index is 12.4. The van der Waals surface area contributed by atoms with E-state index in [2.05, 4.69) is 15.6 Å². The Kier molecular flexibility index (Phi) is 7.78. The standard InChI is InChI=1S/C22H28N4O4/c23-25-22(29)19-13-18(30-15-17(27)14-26-11-5-2-6-12-26)9-10-20(19)24-21(28)16-7-3-1-4-8-16/h1,3-4,7-10,13,17,27H,2,5-6,11-12,14-15,23H2,(H,24,28)(H,25,29). The summed E-state index contributed by atoms with van der Waals surface area (Å²) in [5, 5.41) is 13.0. The Morgan fingerprint density at radius 2 is 1.80 bits per heavy atom. The molecule has 1 atom stereocenters. The number of piperidine rings is 1. The molecule has 1 saturated heterocycles. The van der Waals surface area contributed by atoms with Gasteiger partial charge in [-0.15, -0.1) is 0 Å². The second kappa shape index (κ2) is 10.7. The van der Waals surface area contributed by atoms with E-state index in [-0.39, 0.29) is 18.1 Å². The molecule has 0 radical (unpaired) electrons. The highest BCUT2D eigenvalue weighted by Crippen LogP contribution is 2.23. The van der Waals surface area contributed by atoms with Gasteiger partial charge in [0.1, 0.15) is 18.5 Å². The van der Waals surface area contributed by atoms with Crippen molar-refractivity contribution in [3.63, 3.8) is 0 Å². The third-order valence-corrected chi connectivity index (χ3v) is 5.01. The zero-order valence-corrected chi connectivity index (χ0v) is 16.8. The van der Waals surface area contributed by atoms with E-state index in [0.717, 1.165) is 25.9 Å². The Bertz CT molecular complexity index is 853. The summed E-state index contributed by atoms with van der Waals surface area (Å²) in [5.41, 5.74) is 3.03. The van der Waals surface area contributed by atoms with Gasteiger partial charge in [0.15, 0.2) is 0 Å². The van der Waals surface area contributed by atoms with Gasteiger partial charge >= 0.3 is 0 Å². The lowest BCUT2D eigenvalue weighted by molar-refractivity contribution is 0.0617. The van der Waals surface area contributed by atoms with Crippen molar-refractivity contribution in [2.24, 2.45) is 5.84 Å². The fourth-order valence-electron chi connectivity index (χ4n) is 3.46. The molecule has 8 heteroatoms. The summed E-state index contributed by atoms with van der Waals surface area (Å²) in [6.07, 6.45) is 2.91. The van der Waals surface area contributed by atoms with Crippen molar-refractivity contribution in [2.75, 3.05) is 31.6 Å². The summed E-state index contributed by atoms with van der Waals surface area (Å²) in [5.74, 6) is 4.80. The van der Waals surface area contributed by atoms with Crippen LogP contribution in [0.2, 0.25) is 0 Å². The largest absolute Gasteiger partial charge is 0.491 e. The molecular weight excluding hydrogens is 384 g/mol. The van der Waals surface area contributed by atoms with Crippen LogP contribution in [0.4, 0.5) is 5.69 Å². The van der Waals surface area contributed by atoms with E-state index in [1.54, 1.807) is 36.4 Å². The van der Waals surface area contributed by atoms with Gasteiger partial charge in [-0.1, -0.05) is 24.6 Å². The molecule has 8 nitrogen and oxygen atoms in total. The third-order valence-electron chi connectivity index (χ3n) is 5.01. The van der Waals surface area contributed by atoms with Crippen molar-refractivity contribution in [1.82, 2.24) is 10.3 Å². The number of benzene rings is 2. The van der Waals surface area contributed by atoms with Gasteiger partial charge in [0.2, 0.25) is 0 Å². The maximum absolute atomic E-state index is 12.4. The average molecular weight is 412 g/mol. The SMILES string of the molecule is NNC(=O)c1cc(OCC(O)CN2CCCCC2)ccc1NC(=O)c1ccccc1. The average Bonchev–Trinajstić information content (AvgIpc) is 2.79. The Balaban J connectivity index is 1.64. The number of nitrogens with one attached hydrogen (secondary N) is 2. The van der Waals surface area contributed by atoms with Crippen LogP contribution in [0.5, 0.6) is 5.75 Å². The lowest BCUT2D eigenvalue weighted by Crippen LogP contribution is -2.38. The number of nitrogen functional groups attached to an aromatic ring is 1. The number of carbonyl (C=O) groups excluding carboxylic acids is 2. The van der Waals surface area contributed by atoms with E-state index >= 15 is 0 Å². The molecule has 1 heterocycles. The lowest BCUT2D eigenvalue weighted by atomic mass is 10.1. The zero-order chi connectivity index (χ0) is 21.3. The van der Waals surface area contributed by atoms with E-state index in [1.165, 1.54) is 12.5 Å². The predicted molar refractivity (Wildman–Crippen MR) is 114 cm³/mol. The molecule has 1 aliphatic rings. The highest BCUT2D eigenvalue weighted by atomic mass is 16.5. The monoisotopic (exact) mass is 412 g/mol. The quantitative estimate of drug-likeness (QED) is 0.298. The van der Waals surface area contributed by atoms with Crippen molar-refractivity contribution < 1.29 is 19.4 Å². The lowest BCUT2D eigenvalue weighted by Gasteiger charge is -2.28. The van der Waals surface area contributed by atoms with E-state index < -0.39 is 12.0 Å². The number of likely N-dealkylation sites (tertiary alicyclic amines) is 1.